The van der Waals surface area contributed by atoms with E-state index in [1.165, 1.54) is 18.2 Å². The van der Waals surface area contributed by atoms with Gasteiger partial charge >= 0.3 is 0 Å². The Morgan fingerprint density at radius 2 is 2.00 bits per heavy atom. The van der Waals surface area contributed by atoms with E-state index in [-0.39, 0.29) is 10.5 Å². The summed E-state index contributed by atoms with van der Waals surface area (Å²) in [6.45, 7) is 0. The Hall–Kier alpha value is -1.07. The minimum absolute atomic E-state index is 0.0509. The fraction of sp³-hybridized carbons (Fsp3) is 0. The molecule has 68 valence electrons. The number of amides is 1. The molecule has 0 aromatic heterocycles. The maximum atomic E-state index is 11.2. The van der Waals surface area contributed by atoms with Crippen molar-refractivity contribution in [2.45, 2.75) is 4.90 Å². The molecule has 2 rings (SSSR count). The molecular formula is C7H4ClNO3S. The molecule has 0 radical (unpaired) electrons. The van der Waals surface area contributed by atoms with E-state index in [1.54, 1.807) is 0 Å². The van der Waals surface area contributed by atoms with Gasteiger partial charge in [0.05, 0.1) is 5.56 Å². The van der Waals surface area contributed by atoms with E-state index in [4.69, 9.17) is 11.6 Å². The van der Waals surface area contributed by atoms with E-state index in [0.717, 1.165) is 0 Å². The molecule has 6 heteroatoms. The van der Waals surface area contributed by atoms with Crippen molar-refractivity contribution in [1.29, 1.82) is 0 Å². The molecule has 1 amide bonds. The van der Waals surface area contributed by atoms with Gasteiger partial charge in [0, 0.05) is 5.02 Å². The van der Waals surface area contributed by atoms with Crippen LogP contribution in [-0.2, 0) is 10.0 Å². The van der Waals surface area contributed by atoms with Gasteiger partial charge in [-0.3, -0.25) is 4.79 Å². The molecule has 1 aliphatic rings. The Kier molecular flexibility index (Phi) is 1.61. The normalized spacial score (nSPS) is 18.1. The summed E-state index contributed by atoms with van der Waals surface area (Å²) in [5.41, 5.74) is 0.143. The monoisotopic (exact) mass is 217 g/mol. The molecule has 1 N–H and O–H groups in total. The summed E-state index contributed by atoms with van der Waals surface area (Å²) in [7, 11) is -3.66. The largest absolute Gasteiger partial charge is 0.268 e. The number of halogens is 1. The first kappa shape index (κ1) is 8.52. The van der Waals surface area contributed by atoms with Crippen LogP contribution in [0.1, 0.15) is 10.4 Å². The lowest BCUT2D eigenvalue weighted by Gasteiger charge is -1.94. The minimum Gasteiger partial charge on any atom is -0.268 e. The highest BCUT2D eigenvalue weighted by Crippen LogP contribution is 2.25. The van der Waals surface area contributed by atoms with Crippen molar-refractivity contribution in [3.63, 3.8) is 0 Å². The van der Waals surface area contributed by atoms with Gasteiger partial charge in [-0.2, -0.15) is 0 Å². The quantitative estimate of drug-likeness (QED) is 0.698. The second kappa shape index (κ2) is 2.46. The van der Waals surface area contributed by atoms with Gasteiger partial charge in [0.25, 0.3) is 15.9 Å². The summed E-state index contributed by atoms with van der Waals surface area (Å²) in [5.74, 6) is -0.605. The summed E-state index contributed by atoms with van der Waals surface area (Å²) < 4.78 is 24.3. The summed E-state index contributed by atoms with van der Waals surface area (Å²) in [6, 6.07) is 4.11. The number of sulfonamides is 1. The molecule has 0 aliphatic carbocycles. The van der Waals surface area contributed by atoms with Gasteiger partial charge in [-0.15, -0.1) is 0 Å². The standard InChI is InChI=1S/C7H4ClNO3S/c8-4-1-2-5-6(3-4)13(11,12)9-7(5)10/h1-3H,(H,9,10). The second-order valence-electron chi connectivity index (χ2n) is 2.58. The smallest absolute Gasteiger partial charge is 0.266 e. The molecule has 0 bridgehead atoms. The van der Waals surface area contributed by atoms with Crippen LogP contribution in [0.5, 0.6) is 0 Å². The Morgan fingerprint density at radius 3 is 2.69 bits per heavy atom. The second-order valence-corrected chi connectivity index (χ2v) is 4.66. The summed E-state index contributed by atoms with van der Waals surface area (Å²) in [4.78, 5) is 11.0. The van der Waals surface area contributed by atoms with Gasteiger partial charge < -0.3 is 0 Å². The average molecular weight is 218 g/mol. The first-order chi connectivity index (χ1) is 6.00. The topological polar surface area (TPSA) is 63.2 Å². The first-order valence-corrected chi connectivity index (χ1v) is 5.23. The van der Waals surface area contributed by atoms with Crippen LogP contribution in [0.3, 0.4) is 0 Å². The summed E-state index contributed by atoms with van der Waals surface area (Å²) in [5, 5.41) is 0.291. The van der Waals surface area contributed by atoms with E-state index in [0.29, 0.717) is 5.02 Å². The van der Waals surface area contributed by atoms with Crippen LogP contribution in [0.15, 0.2) is 23.1 Å². The average Bonchev–Trinajstić information content (AvgIpc) is 2.23. The molecular weight excluding hydrogens is 214 g/mol. The number of carbonyl (C=O) groups excluding carboxylic acids is 1. The van der Waals surface area contributed by atoms with Crippen LogP contribution in [0.2, 0.25) is 5.02 Å². The lowest BCUT2D eigenvalue weighted by Crippen LogP contribution is -2.20. The van der Waals surface area contributed by atoms with Crippen molar-refractivity contribution in [3.05, 3.63) is 28.8 Å². The number of hydrogen-bond acceptors (Lipinski definition) is 3. The number of nitrogens with one attached hydrogen (secondary N) is 1. The van der Waals surface area contributed by atoms with Gasteiger partial charge in [-0.25, -0.2) is 13.1 Å². The maximum absolute atomic E-state index is 11.2. The van der Waals surface area contributed by atoms with Crippen LogP contribution >= 0.6 is 11.6 Å². The van der Waals surface area contributed by atoms with E-state index >= 15 is 0 Å². The van der Waals surface area contributed by atoms with E-state index < -0.39 is 15.9 Å². The van der Waals surface area contributed by atoms with Crippen LogP contribution < -0.4 is 4.72 Å². The molecule has 1 aromatic rings. The Morgan fingerprint density at radius 1 is 1.31 bits per heavy atom. The zero-order valence-corrected chi connectivity index (χ0v) is 7.82. The first-order valence-electron chi connectivity index (χ1n) is 3.37. The fourth-order valence-corrected chi connectivity index (χ4v) is 2.57. The Balaban J connectivity index is 2.81. The van der Waals surface area contributed by atoms with Crippen molar-refractivity contribution in [2.75, 3.05) is 0 Å². The van der Waals surface area contributed by atoms with Crippen molar-refractivity contribution in [3.8, 4) is 0 Å². The lowest BCUT2D eigenvalue weighted by molar-refractivity contribution is 0.0985. The van der Waals surface area contributed by atoms with Gasteiger partial charge in [0.2, 0.25) is 0 Å². The van der Waals surface area contributed by atoms with Gasteiger partial charge in [-0.05, 0) is 18.2 Å². The fourth-order valence-electron chi connectivity index (χ4n) is 1.14. The summed E-state index contributed by atoms with van der Waals surface area (Å²) >= 11 is 5.59. The zero-order chi connectivity index (χ0) is 9.64. The van der Waals surface area contributed by atoms with Gasteiger partial charge in [0.15, 0.2) is 0 Å². The molecule has 13 heavy (non-hydrogen) atoms. The predicted octanol–water partition coefficient (Wildman–Crippen LogP) is 0.772. The third-order valence-corrected chi connectivity index (χ3v) is 3.31. The lowest BCUT2D eigenvalue weighted by atomic mass is 10.2. The molecule has 0 unspecified atom stereocenters. The van der Waals surface area contributed by atoms with Crippen LogP contribution in [-0.4, -0.2) is 14.3 Å². The third kappa shape index (κ3) is 1.20. The summed E-state index contributed by atoms with van der Waals surface area (Å²) in [6.07, 6.45) is 0. The maximum Gasteiger partial charge on any atom is 0.266 e. The minimum atomic E-state index is -3.66. The van der Waals surface area contributed by atoms with E-state index in [9.17, 15) is 13.2 Å². The van der Waals surface area contributed by atoms with Crippen LogP contribution in [0.25, 0.3) is 0 Å². The van der Waals surface area contributed by atoms with Crippen molar-refractivity contribution in [1.82, 2.24) is 4.72 Å². The van der Waals surface area contributed by atoms with Crippen molar-refractivity contribution < 1.29 is 13.2 Å². The molecule has 1 heterocycles. The predicted molar refractivity (Wildman–Crippen MR) is 46.1 cm³/mol. The van der Waals surface area contributed by atoms with E-state index in [2.05, 4.69) is 0 Å². The molecule has 0 fully saturated rings. The molecule has 0 atom stereocenters. The van der Waals surface area contributed by atoms with Crippen LogP contribution in [0, 0.1) is 0 Å². The van der Waals surface area contributed by atoms with E-state index in [1.807, 2.05) is 4.72 Å². The van der Waals surface area contributed by atoms with Crippen LogP contribution in [0.4, 0.5) is 0 Å². The van der Waals surface area contributed by atoms with Gasteiger partial charge in [0.1, 0.15) is 4.90 Å². The van der Waals surface area contributed by atoms with Gasteiger partial charge in [-0.1, -0.05) is 11.6 Å². The number of hydrogen-bond donors (Lipinski definition) is 1. The highest BCUT2D eigenvalue weighted by atomic mass is 35.5. The molecule has 0 saturated carbocycles. The Bertz CT molecular complexity index is 494. The number of fused-ring (bicyclic) bond motifs is 1. The molecule has 4 nitrogen and oxygen atoms in total. The Labute approximate surface area is 79.6 Å². The molecule has 0 spiro atoms. The highest BCUT2D eigenvalue weighted by molar-refractivity contribution is 7.90. The number of benzene rings is 1. The van der Waals surface area contributed by atoms with Crippen molar-refractivity contribution >= 4 is 27.5 Å². The zero-order valence-electron chi connectivity index (χ0n) is 6.24. The van der Waals surface area contributed by atoms with Crippen molar-refractivity contribution in [2.24, 2.45) is 0 Å². The SMILES string of the molecule is O=C1NS(=O)(=O)c2cc(Cl)ccc21. The molecule has 0 saturated heterocycles. The molecule has 1 aliphatic heterocycles. The third-order valence-electron chi connectivity index (χ3n) is 1.70. The number of carbonyl (C=O) groups is 1. The highest BCUT2D eigenvalue weighted by Gasteiger charge is 2.32. The molecule has 1 aromatic carbocycles. The number of rotatable bonds is 0.